The topological polar surface area (TPSA) is 102 Å². The Kier molecular flexibility index (Phi) is 6.34. The van der Waals surface area contributed by atoms with Gasteiger partial charge in [0.2, 0.25) is 6.17 Å². The number of halogens is 5. The molecule has 0 fully saturated rings. The van der Waals surface area contributed by atoms with Gasteiger partial charge in [0.25, 0.3) is 18.2 Å². The molecule has 4 rings (SSSR count). The lowest BCUT2D eigenvalue weighted by atomic mass is 10.1. The van der Waals surface area contributed by atoms with Crippen molar-refractivity contribution in [1.82, 2.24) is 10.2 Å². The summed E-state index contributed by atoms with van der Waals surface area (Å²) in [6.07, 6.45) is -6.24. The smallest absolute Gasteiger partial charge is 0.278 e. The molecular formula is C20H17ClF4N4O3S. The lowest BCUT2D eigenvalue weighted by molar-refractivity contribution is 0.0348. The summed E-state index contributed by atoms with van der Waals surface area (Å²) in [5.41, 5.74) is 6.55. The van der Waals surface area contributed by atoms with E-state index >= 15 is 0 Å². The van der Waals surface area contributed by atoms with E-state index in [0.29, 0.717) is 5.02 Å². The quantitative estimate of drug-likeness (QED) is 0.525. The third kappa shape index (κ3) is 4.82. The SMILES string of the molecule is N[C@@H]1CN(Cc2ccc(Cl)cc2)c2cc(-c3nnc(C(F)C(F)F)o3)c(F)cc2S(=O)(=O)C1. The van der Waals surface area contributed by atoms with Gasteiger partial charge in [0.15, 0.2) is 9.84 Å². The number of alkyl halides is 3. The van der Waals surface area contributed by atoms with Crippen molar-refractivity contribution in [2.75, 3.05) is 17.2 Å². The van der Waals surface area contributed by atoms with E-state index in [1.807, 2.05) is 0 Å². The molecule has 2 atom stereocenters. The van der Waals surface area contributed by atoms with Gasteiger partial charge in [-0.1, -0.05) is 23.7 Å². The molecule has 0 spiro atoms. The van der Waals surface area contributed by atoms with Gasteiger partial charge >= 0.3 is 0 Å². The zero-order valence-electron chi connectivity index (χ0n) is 16.8. The Morgan fingerprint density at radius 3 is 2.55 bits per heavy atom. The summed E-state index contributed by atoms with van der Waals surface area (Å²) >= 11 is 5.92. The predicted octanol–water partition coefficient (Wildman–Crippen LogP) is 3.93. The Morgan fingerprint density at radius 2 is 1.88 bits per heavy atom. The first-order chi connectivity index (χ1) is 15.5. The number of benzene rings is 2. The van der Waals surface area contributed by atoms with Crippen LogP contribution in [0.4, 0.5) is 23.2 Å². The van der Waals surface area contributed by atoms with Crippen LogP contribution in [-0.2, 0) is 16.4 Å². The number of aromatic nitrogens is 2. The standard InChI is InChI=1S/C20H17ClF4N4O3S/c21-11-3-1-10(2-4-11)7-29-8-12(26)9-33(30,31)16-6-14(22)13(5-15(16)29)19-27-28-20(32-19)17(23)18(24)25/h1-6,12,17-18H,7-9,26H2/t12-,17?/m1/s1. The molecule has 1 aliphatic rings. The highest BCUT2D eigenvalue weighted by Gasteiger charge is 2.33. The summed E-state index contributed by atoms with van der Waals surface area (Å²) < 4.78 is 84.3. The maximum absolute atomic E-state index is 14.9. The Balaban J connectivity index is 1.81. The zero-order valence-corrected chi connectivity index (χ0v) is 18.3. The van der Waals surface area contributed by atoms with Crippen molar-refractivity contribution in [2.45, 2.75) is 30.1 Å². The van der Waals surface area contributed by atoms with Gasteiger partial charge in [-0.2, -0.15) is 0 Å². The van der Waals surface area contributed by atoms with Crippen molar-refractivity contribution >= 4 is 27.1 Å². The molecule has 13 heteroatoms. The van der Waals surface area contributed by atoms with Gasteiger partial charge in [-0.05, 0) is 29.8 Å². The second-order valence-electron chi connectivity index (χ2n) is 7.53. The number of anilines is 1. The average molecular weight is 505 g/mol. The summed E-state index contributed by atoms with van der Waals surface area (Å²) in [7, 11) is -3.95. The van der Waals surface area contributed by atoms with Crippen LogP contribution in [0.2, 0.25) is 5.02 Å². The lowest BCUT2D eigenvalue weighted by Gasteiger charge is -2.26. The first kappa shape index (κ1) is 23.5. The van der Waals surface area contributed by atoms with Gasteiger partial charge in [0, 0.05) is 24.2 Å². The summed E-state index contributed by atoms with van der Waals surface area (Å²) in [6.45, 7) is 0.332. The van der Waals surface area contributed by atoms with E-state index in [9.17, 15) is 26.0 Å². The Labute approximate surface area is 191 Å². The van der Waals surface area contributed by atoms with E-state index < -0.39 is 51.8 Å². The van der Waals surface area contributed by atoms with E-state index in [4.69, 9.17) is 21.8 Å². The molecule has 0 aliphatic carbocycles. The fraction of sp³-hybridized carbons (Fsp3) is 0.300. The van der Waals surface area contributed by atoms with Crippen molar-refractivity contribution in [2.24, 2.45) is 5.73 Å². The normalized spacial score (nSPS) is 18.8. The number of hydrogen-bond acceptors (Lipinski definition) is 7. The fourth-order valence-electron chi connectivity index (χ4n) is 3.53. The molecule has 7 nitrogen and oxygen atoms in total. The molecule has 1 unspecified atom stereocenters. The number of fused-ring (bicyclic) bond motifs is 1. The van der Waals surface area contributed by atoms with Gasteiger partial charge < -0.3 is 15.1 Å². The van der Waals surface area contributed by atoms with Crippen LogP contribution in [0.15, 0.2) is 45.7 Å². The average Bonchev–Trinajstić information content (AvgIpc) is 3.20. The molecule has 3 aromatic rings. The second kappa shape index (κ2) is 8.92. The highest BCUT2D eigenvalue weighted by atomic mass is 35.5. The lowest BCUT2D eigenvalue weighted by Crippen LogP contribution is -2.39. The number of rotatable bonds is 5. The van der Waals surface area contributed by atoms with Crippen molar-refractivity contribution in [3.05, 3.63) is 58.7 Å². The number of nitrogens with zero attached hydrogens (tertiary/aromatic N) is 3. The third-order valence-corrected chi connectivity index (χ3v) is 7.14. The Morgan fingerprint density at radius 1 is 1.18 bits per heavy atom. The summed E-state index contributed by atoms with van der Waals surface area (Å²) in [5.74, 6) is -3.03. The maximum atomic E-state index is 14.9. The van der Waals surface area contributed by atoms with Gasteiger partial charge in [-0.15, -0.1) is 10.2 Å². The van der Waals surface area contributed by atoms with Crippen molar-refractivity contribution in [3.8, 4) is 11.5 Å². The molecule has 0 saturated heterocycles. The molecule has 33 heavy (non-hydrogen) atoms. The highest BCUT2D eigenvalue weighted by Crippen LogP contribution is 2.37. The highest BCUT2D eigenvalue weighted by molar-refractivity contribution is 7.91. The first-order valence-corrected chi connectivity index (χ1v) is 11.7. The summed E-state index contributed by atoms with van der Waals surface area (Å²) in [5, 5.41) is 7.19. The minimum absolute atomic E-state index is 0.111. The van der Waals surface area contributed by atoms with Crippen LogP contribution in [0.1, 0.15) is 17.6 Å². The molecule has 0 radical (unpaired) electrons. The molecule has 0 amide bonds. The van der Waals surface area contributed by atoms with Crippen LogP contribution in [0.25, 0.3) is 11.5 Å². The zero-order chi connectivity index (χ0) is 23.9. The number of sulfone groups is 1. The minimum atomic E-state index is -3.95. The largest absolute Gasteiger partial charge is 0.417 e. The molecular weight excluding hydrogens is 488 g/mol. The molecule has 2 heterocycles. The molecule has 176 valence electrons. The van der Waals surface area contributed by atoms with Gasteiger partial charge in [-0.3, -0.25) is 0 Å². The second-order valence-corrected chi connectivity index (χ2v) is 9.97. The molecule has 0 saturated carbocycles. The van der Waals surface area contributed by atoms with Crippen molar-refractivity contribution in [1.29, 1.82) is 0 Å². The van der Waals surface area contributed by atoms with Crippen LogP contribution in [0.3, 0.4) is 0 Å². The molecule has 1 aliphatic heterocycles. The van der Waals surface area contributed by atoms with Crippen LogP contribution in [0, 0.1) is 5.82 Å². The van der Waals surface area contributed by atoms with E-state index in [1.165, 1.54) is 0 Å². The first-order valence-electron chi connectivity index (χ1n) is 9.62. The van der Waals surface area contributed by atoms with Crippen LogP contribution >= 0.6 is 11.6 Å². The van der Waals surface area contributed by atoms with Crippen LogP contribution in [-0.4, -0.2) is 43.4 Å². The number of hydrogen-bond donors (Lipinski definition) is 1. The van der Waals surface area contributed by atoms with E-state index in [-0.39, 0.29) is 29.2 Å². The molecule has 0 bridgehead atoms. The summed E-state index contributed by atoms with van der Waals surface area (Å²) in [4.78, 5) is 1.35. The summed E-state index contributed by atoms with van der Waals surface area (Å²) in [6, 6.07) is 7.99. The van der Waals surface area contributed by atoms with Crippen LogP contribution in [0.5, 0.6) is 0 Å². The molecule has 2 aromatic carbocycles. The van der Waals surface area contributed by atoms with Crippen molar-refractivity contribution < 1.29 is 30.4 Å². The van der Waals surface area contributed by atoms with Gasteiger partial charge in [0.1, 0.15) is 5.82 Å². The van der Waals surface area contributed by atoms with E-state index in [2.05, 4.69) is 10.2 Å². The molecule has 2 N–H and O–H groups in total. The Hall–Kier alpha value is -2.70. The van der Waals surface area contributed by atoms with Crippen molar-refractivity contribution in [3.63, 3.8) is 0 Å². The van der Waals surface area contributed by atoms with E-state index in [0.717, 1.165) is 17.7 Å². The maximum Gasteiger partial charge on any atom is 0.278 e. The predicted molar refractivity (Wildman–Crippen MR) is 112 cm³/mol. The Bertz CT molecular complexity index is 1270. The minimum Gasteiger partial charge on any atom is -0.417 e. The monoisotopic (exact) mass is 504 g/mol. The third-order valence-electron chi connectivity index (χ3n) is 5.03. The number of nitrogens with two attached hydrogens (primary N) is 1. The molecule has 1 aromatic heterocycles. The van der Waals surface area contributed by atoms with Gasteiger partial charge in [-0.25, -0.2) is 26.0 Å². The van der Waals surface area contributed by atoms with E-state index in [1.54, 1.807) is 29.2 Å². The fourth-order valence-corrected chi connectivity index (χ4v) is 5.30. The van der Waals surface area contributed by atoms with Gasteiger partial charge in [0.05, 0.1) is 21.9 Å². The van der Waals surface area contributed by atoms with Crippen LogP contribution < -0.4 is 10.6 Å².